The molecule has 0 aromatic heterocycles. The summed E-state index contributed by atoms with van der Waals surface area (Å²) in [5.41, 5.74) is 5.47. The Balaban J connectivity index is 1.91. The molecule has 114 valence electrons. The van der Waals surface area contributed by atoms with Crippen LogP contribution in [0.1, 0.15) is 64.7 Å². The first kappa shape index (κ1) is 15.5. The van der Waals surface area contributed by atoms with E-state index in [0.29, 0.717) is 11.0 Å². The van der Waals surface area contributed by atoms with E-state index >= 15 is 0 Å². The second-order valence-corrected chi connectivity index (χ2v) is 6.82. The molecule has 0 radical (unpaired) electrons. The normalized spacial score (nSPS) is 30.9. The summed E-state index contributed by atoms with van der Waals surface area (Å²) in [6.45, 7) is 2.22. The second-order valence-electron chi connectivity index (χ2n) is 6.38. The van der Waals surface area contributed by atoms with Gasteiger partial charge in [-0.15, -0.1) is 0 Å². The lowest BCUT2D eigenvalue weighted by molar-refractivity contribution is 0.209. The van der Waals surface area contributed by atoms with Crippen molar-refractivity contribution < 1.29 is 4.79 Å². The molecule has 4 nitrogen and oxygen atoms in total. The Bertz CT molecular complexity index is 358. The van der Waals surface area contributed by atoms with Crippen molar-refractivity contribution in [1.29, 1.82) is 0 Å². The van der Waals surface area contributed by atoms with Crippen LogP contribution in [0.2, 0.25) is 0 Å². The van der Waals surface area contributed by atoms with Gasteiger partial charge in [-0.25, -0.2) is 4.79 Å². The number of carbonyl (C=O) groups is 1. The largest absolute Gasteiger partial charge is 0.391 e. The Kier molecular flexibility index (Phi) is 5.24. The monoisotopic (exact) mass is 297 g/mol. The van der Waals surface area contributed by atoms with Gasteiger partial charge in [0, 0.05) is 6.04 Å². The molecule has 2 aliphatic rings. The van der Waals surface area contributed by atoms with E-state index in [1.165, 1.54) is 19.3 Å². The SMILES string of the molecule is CCC1CCC(NC(=O)NC2CCCC2)(C(N)=S)CC1. The van der Waals surface area contributed by atoms with Crippen molar-refractivity contribution in [3.05, 3.63) is 0 Å². The quantitative estimate of drug-likeness (QED) is 0.699. The fourth-order valence-corrected chi connectivity index (χ4v) is 3.78. The number of hydrogen-bond donors (Lipinski definition) is 3. The molecule has 5 heteroatoms. The zero-order chi connectivity index (χ0) is 14.6. The number of thiocarbonyl (C=S) groups is 1. The number of carbonyl (C=O) groups excluding carboxylic acids is 1. The van der Waals surface area contributed by atoms with Crippen molar-refractivity contribution in [2.24, 2.45) is 11.7 Å². The van der Waals surface area contributed by atoms with Crippen LogP contribution in [0.15, 0.2) is 0 Å². The Hall–Kier alpha value is -0.840. The number of rotatable bonds is 4. The molecule has 2 fully saturated rings. The standard InChI is InChI=1S/C15H27N3OS/c1-2-11-7-9-15(10-8-11,13(16)20)18-14(19)17-12-5-3-4-6-12/h11-12H,2-10H2,1H3,(H2,16,20)(H2,17,18,19). The topological polar surface area (TPSA) is 67.2 Å². The molecule has 0 atom stereocenters. The molecule has 0 bridgehead atoms. The summed E-state index contributed by atoms with van der Waals surface area (Å²) in [6.07, 6.45) is 9.73. The minimum atomic E-state index is -0.469. The summed E-state index contributed by atoms with van der Waals surface area (Å²) < 4.78 is 0. The van der Waals surface area contributed by atoms with Crippen LogP contribution in [0.5, 0.6) is 0 Å². The van der Waals surface area contributed by atoms with Crippen molar-refractivity contribution >= 4 is 23.2 Å². The van der Waals surface area contributed by atoms with Crippen LogP contribution in [-0.4, -0.2) is 22.6 Å². The van der Waals surface area contributed by atoms with E-state index in [9.17, 15) is 4.79 Å². The van der Waals surface area contributed by atoms with Gasteiger partial charge in [0.05, 0.1) is 10.5 Å². The van der Waals surface area contributed by atoms with Gasteiger partial charge >= 0.3 is 6.03 Å². The Morgan fingerprint density at radius 2 is 1.85 bits per heavy atom. The van der Waals surface area contributed by atoms with E-state index in [0.717, 1.165) is 44.4 Å². The molecule has 0 aromatic rings. The molecule has 0 aliphatic heterocycles. The highest BCUT2D eigenvalue weighted by atomic mass is 32.1. The maximum absolute atomic E-state index is 12.2. The fraction of sp³-hybridized carbons (Fsp3) is 0.867. The molecule has 2 aliphatic carbocycles. The van der Waals surface area contributed by atoms with E-state index in [-0.39, 0.29) is 6.03 Å². The van der Waals surface area contributed by atoms with Gasteiger partial charge in [-0.2, -0.15) is 0 Å². The highest BCUT2D eigenvalue weighted by Gasteiger charge is 2.39. The average molecular weight is 297 g/mol. The minimum Gasteiger partial charge on any atom is -0.391 e. The summed E-state index contributed by atoms with van der Waals surface area (Å²) in [5, 5.41) is 6.15. The summed E-state index contributed by atoms with van der Waals surface area (Å²) >= 11 is 5.24. The van der Waals surface area contributed by atoms with Crippen molar-refractivity contribution in [1.82, 2.24) is 10.6 Å². The van der Waals surface area contributed by atoms with E-state index in [4.69, 9.17) is 18.0 Å². The Morgan fingerprint density at radius 3 is 2.35 bits per heavy atom. The van der Waals surface area contributed by atoms with Crippen LogP contribution in [-0.2, 0) is 0 Å². The lowest BCUT2D eigenvalue weighted by atomic mass is 9.75. The Morgan fingerprint density at radius 1 is 1.25 bits per heavy atom. The maximum Gasteiger partial charge on any atom is 0.315 e. The van der Waals surface area contributed by atoms with Gasteiger partial charge in [0.2, 0.25) is 0 Å². The lowest BCUT2D eigenvalue weighted by Crippen LogP contribution is -2.61. The predicted molar refractivity (Wildman–Crippen MR) is 85.7 cm³/mol. The zero-order valence-electron chi connectivity index (χ0n) is 12.4. The van der Waals surface area contributed by atoms with Gasteiger partial charge in [-0.3, -0.25) is 0 Å². The van der Waals surface area contributed by atoms with Crippen molar-refractivity contribution in [3.63, 3.8) is 0 Å². The third-order valence-corrected chi connectivity index (χ3v) is 5.44. The zero-order valence-corrected chi connectivity index (χ0v) is 13.2. The van der Waals surface area contributed by atoms with Gasteiger partial charge in [0.1, 0.15) is 0 Å². The fourth-order valence-electron chi connectivity index (χ4n) is 3.52. The second kappa shape index (κ2) is 6.74. The molecule has 2 saturated carbocycles. The van der Waals surface area contributed by atoms with Crippen LogP contribution >= 0.6 is 12.2 Å². The molecule has 2 amide bonds. The van der Waals surface area contributed by atoms with E-state index < -0.39 is 5.54 Å². The van der Waals surface area contributed by atoms with Crippen LogP contribution in [0.4, 0.5) is 4.79 Å². The summed E-state index contributed by atoms with van der Waals surface area (Å²) in [5.74, 6) is 0.747. The first-order valence-corrected chi connectivity index (χ1v) is 8.35. The molecule has 2 rings (SSSR count). The number of urea groups is 1. The van der Waals surface area contributed by atoms with Crippen LogP contribution in [0, 0.1) is 5.92 Å². The van der Waals surface area contributed by atoms with E-state index in [1.807, 2.05) is 0 Å². The predicted octanol–water partition coefficient (Wildman–Crippen LogP) is 2.85. The molecule has 0 aromatic carbocycles. The highest BCUT2D eigenvalue weighted by Crippen LogP contribution is 2.34. The molecule has 20 heavy (non-hydrogen) atoms. The van der Waals surface area contributed by atoms with Crippen molar-refractivity contribution in [2.75, 3.05) is 0 Å². The molecule has 0 saturated heterocycles. The van der Waals surface area contributed by atoms with Crippen LogP contribution in [0.25, 0.3) is 0 Å². The highest BCUT2D eigenvalue weighted by molar-refractivity contribution is 7.80. The van der Waals surface area contributed by atoms with Gasteiger partial charge in [-0.1, -0.05) is 38.4 Å². The third kappa shape index (κ3) is 3.62. The summed E-state index contributed by atoms with van der Waals surface area (Å²) in [7, 11) is 0. The molecule has 4 N–H and O–H groups in total. The van der Waals surface area contributed by atoms with Crippen molar-refractivity contribution in [2.45, 2.75) is 76.3 Å². The number of nitrogens with one attached hydrogen (secondary N) is 2. The Labute approximate surface area is 127 Å². The maximum atomic E-state index is 12.2. The van der Waals surface area contributed by atoms with Gasteiger partial charge in [0.25, 0.3) is 0 Å². The van der Waals surface area contributed by atoms with Crippen molar-refractivity contribution in [3.8, 4) is 0 Å². The lowest BCUT2D eigenvalue weighted by Gasteiger charge is -2.40. The first-order chi connectivity index (χ1) is 9.55. The molecular weight excluding hydrogens is 270 g/mol. The van der Waals surface area contributed by atoms with E-state index in [2.05, 4.69) is 17.6 Å². The summed E-state index contributed by atoms with van der Waals surface area (Å²) in [6, 6.07) is 0.227. The first-order valence-electron chi connectivity index (χ1n) is 7.94. The molecular formula is C15H27N3OS. The number of hydrogen-bond acceptors (Lipinski definition) is 2. The van der Waals surface area contributed by atoms with Gasteiger partial charge in [0.15, 0.2) is 0 Å². The number of amides is 2. The smallest absolute Gasteiger partial charge is 0.315 e. The van der Waals surface area contributed by atoms with Crippen LogP contribution in [0.3, 0.4) is 0 Å². The molecule has 0 spiro atoms. The van der Waals surface area contributed by atoms with Crippen LogP contribution < -0.4 is 16.4 Å². The minimum absolute atomic E-state index is 0.0975. The molecule has 0 heterocycles. The van der Waals surface area contributed by atoms with E-state index in [1.54, 1.807) is 0 Å². The number of nitrogens with two attached hydrogens (primary N) is 1. The third-order valence-electron chi connectivity index (χ3n) is 5.05. The van der Waals surface area contributed by atoms with Gasteiger partial charge < -0.3 is 16.4 Å². The van der Waals surface area contributed by atoms with Gasteiger partial charge in [-0.05, 0) is 44.4 Å². The summed E-state index contributed by atoms with van der Waals surface area (Å²) in [4.78, 5) is 12.6. The average Bonchev–Trinajstić information content (AvgIpc) is 2.92. The molecule has 0 unspecified atom stereocenters.